The quantitative estimate of drug-likeness (QED) is 0.475. The molecular weight excluding hydrogens is 402 g/mol. The normalized spacial score (nSPS) is 11.1. The third kappa shape index (κ3) is 4.09. The number of ether oxygens (including phenoxy) is 1. The van der Waals surface area contributed by atoms with Crippen LogP contribution in [0.1, 0.15) is 24.3 Å². The van der Waals surface area contributed by atoms with Crippen LogP contribution in [-0.4, -0.2) is 21.6 Å². The second-order valence-corrected chi connectivity index (χ2v) is 7.56. The van der Waals surface area contributed by atoms with Gasteiger partial charge in [-0.05, 0) is 68.4 Å². The molecule has 2 N–H and O–H groups in total. The Bertz CT molecular complexity index is 1270. The molecule has 0 aliphatic heterocycles. The van der Waals surface area contributed by atoms with Crippen molar-refractivity contribution in [2.45, 2.75) is 20.0 Å². The van der Waals surface area contributed by atoms with Gasteiger partial charge in [0.25, 0.3) is 11.5 Å². The van der Waals surface area contributed by atoms with Gasteiger partial charge < -0.3 is 15.0 Å². The number of aromatic nitrogens is 2. The smallest absolute Gasteiger partial charge is 0.272 e. The van der Waals surface area contributed by atoms with Gasteiger partial charge in [0, 0.05) is 22.2 Å². The minimum absolute atomic E-state index is 0.0611. The number of carbonyl (C=O) groups is 1. The minimum Gasteiger partial charge on any atom is -0.491 e. The number of anilines is 1. The van der Waals surface area contributed by atoms with Crippen molar-refractivity contribution in [2.75, 3.05) is 5.32 Å². The van der Waals surface area contributed by atoms with Gasteiger partial charge in [0.05, 0.1) is 11.8 Å². The Morgan fingerprint density at radius 3 is 2.53 bits per heavy atom. The molecule has 152 valence electrons. The molecule has 0 spiro atoms. The standard InChI is InChI=1S/C23H20ClN3O3/c1-14(2)30-19-9-7-18(8-10-19)27-21(28)11-6-15-12-20(26-22(15)27)23(29)25-17-5-3-4-16(24)13-17/h3-14,26H,1-2H3,(H,25,29). The number of aromatic amines is 1. The zero-order valence-corrected chi connectivity index (χ0v) is 17.2. The first-order chi connectivity index (χ1) is 14.4. The van der Waals surface area contributed by atoms with Gasteiger partial charge in [0.2, 0.25) is 0 Å². The summed E-state index contributed by atoms with van der Waals surface area (Å²) in [6.07, 6.45) is 0.0611. The van der Waals surface area contributed by atoms with Crippen molar-refractivity contribution < 1.29 is 9.53 Å². The minimum atomic E-state index is -0.326. The first-order valence-electron chi connectivity index (χ1n) is 9.49. The fourth-order valence-electron chi connectivity index (χ4n) is 3.21. The molecule has 0 saturated heterocycles. The highest BCUT2D eigenvalue weighted by Gasteiger charge is 2.14. The highest BCUT2D eigenvalue weighted by molar-refractivity contribution is 6.31. The van der Waals surface area contributed by atoms with Crippen molar-refractivity contribution in [3.05, 3.63) is 87.8 Å². The number of hydrogen-bond donors (Lipinski definition) is 2. The summed E-state index contributed by atoms with van der Waals surface area (Å²) in [7, 11) is 0. The Morgan fingerprint density at radius 2 is 1.83 bits per heavy atom. The summed E-state index contributed by atoms with van der Waals surface area (Å²) >= 11 is 5.98. The Kier molecular flexibility index (Phi) is 5.33. The number of pyridine rings is 1. The van der Waals surface area contributed by atoms with E-state index in [0.717, 1.165) is 11.1 Å². The van der Waals surface area contributed by atoms with Crippen LogP contribution in [0.25, 0.3) is 16.7 Å². The monoisotopic (exact) mass is 421 g/mol. The molecule has 4 rings (SSSR count). The first-order valence-corrected chi connectivity index (χ1v) is 9.87. The Morgan fingerprint density at radius 1 is 1.07 bits per heavy atom. The number of nitrogens with one attached hydrogen (secondary N) is 2. The summed E-state index contributed by atoms with van der Waals surface area (Å²) < 4.78 is 7.20. The van der Waals surface area contributed by atoms with Gasteiger partial charge in [0.15, 0.2) is 0 Å². The number of amides is 1. The van der Waals surface area contributed by atoms with Gasteiger partial charge in [-0.2, -0.15) is 0 Å². The van der Waals surface area contributed by atoms with Gasteiger partial charge in [0.1, 0.15) is 17.1 Å². The summed E-state index contributed by atoms with van der Waals surface area (Å²) in [6.45, 7) is 3.90. The predicted molar refractivity (Wildman–Crippen MR) is 119 cm³/mol. The van der Waals surface area contributed by atoms with E-state index in [1.54, 1.807) is 36.4 Å². The molecule has 0 aliphatic rings. The van der Waals surface area contributed by atoms with E-state index in [-0.39, 0.29) is 17.6 Å². The van der Waals surface area contributed by atoms with E-state index >= 15 is 0 Å². The number of H-pyrrole nitrogens is 1. The van der Waals surface area contributed by atoms with Gasteiger partial charge in [-0.1, -0.05) is 17.7 Å². The average molecular weight is 422 g/mol. The van der Waals surface area contributed by atoms with Crippen LogP contribution in [0.5, 0.6) is 5.75 Å². The maximum atomic E-state index is 12.7. The molecule has 0 fully saturated rings. The highest BCUT2D eigenvalue weighted by Crippen LogP contribution is 2.21. The van der Waals surface area contributed by atoms with Crippen LogP contribution in [0.15, 0.2) is 71.5 Å². The molecule has 6 nitrogen and oxygen atoms in total. The van der Waals surface area contributed by atoms with E-state index in [1.807, 2.05) is 38.1 Å². The molecule has 0 aliphatic carbocycles. The number of halogens is 1. The number of nitrogens with zero attached hydrogens (tertiary/aromatic N) is 1. The van der Waals surface area contributed by atoms with Gasteiger partial charge in [-0.3, -0.25) is 14.2 Å². The van der Waals surface area contributed by atoms with Crippen LogP contribution in [0.3, 0.4) is 0 Å². The maximum absolute atomic E-state index is 12.7. The average Bonchev–Trinajstić information content (AvgIpc) is 3.13. The Balaban J connectivity index is 1.70. The molecule has 7 heteroatoms. The largest absolute Gasteiger partial charge is 0.491 e. The molecule has 0 radical (unpaired) electrons. The number of rotatable bonds is 5. The van der Waals surface area contributed by atoms with E-state index in [9.17, 15) is 9.59 Å². The second kappa shape index (κ2) is 8.08. The van der Waals surface area contributed by atoms with Crippen LogP contribution in [0, 0.1) is 0 Å². The van der Waals surface area contributed by atoms with Crippen LogP contribution in [-0.2, 0) is 0 Å². The van der Waals surface area contributed by atoms with E-state index in [2.05, 4.69) is 10.3 Å². The fourth-order valence-corrected chi connectivity index (χ4v) is 3.40. The van der Waals surface area contributed by atoms with E-state index in [1.165, 1.54) is 10.6 Å². The SMILES string of the molecule is CC(C)Oc1ccc(-n2c(=O)ccc3cc(C(=O)Nc4cccc(Cl)c4)[nH]c32)cc1. The summed E-state index contributed by atoms with van der Waals surface area (Å²) in [4.78, 5) is 28.4. The highest BCUT2D eigenvalue weighted by atomic mass is 35.5. The van der Waals surface area contributed by atoms with Crippen LogP contribution in [0.4, 0.5) is 5.69 Å². The Labute approximate surface area is 178 Å². The lowest BCUT2D eigenvalue weighted by molar-refractivity contribution is 0.102. The molecule has 1 amide bonds. The van der Waals surface area contributed by atoms with Gasteiger partial charge >= 0.3 is 0 Å². The topological polar surface area (TPSA) is 76.1 Å². The van der Waals surface area contributed by atoms with Crippen LogP contribution < -0.4 is 15.6 Å². The van der Waals surface area contributed by atoms with E-state index in [4.69, 9.17) is 16.3 Å². The van der Waals surface area contributed by atoms with E-state index < -0.39 is 0 Å². The fraction of sp³-hybridized carbons (Fsp3) is 0.130. The van der Waals surface area contributed by atoms with Gasteiger partial charge in [-0.25, -0.2) is 0 Å². The molecule has 4 aromatic rings. The number of fused-ring (bicyclic) bond motifs is 1. The second-order valence-electron chi connectivity index (χ2n) is 7.12. The third-order valence-corrected chi connectivity index (χ3v) is 4.70. The maximum Gasteiger partial charge on any atom is 0.272 e. The molecule has 0 atom stereocenters. The van der Waals surface area contributed by atoms with Crippen LogP contribution in [0.2, 0.25) is 5.02 Å². The van der Waals surface area contributed by atoms with Crippen molar-refractivity contribution in [1.29, 1.82) is 0 Å². The summed E-state index contributed by atoms with van der Waals surface area (Å²) in [5, 5.41) is 4.08. The van der Waals surface area contributed by atoms with Crippen LogP contribution >= 0.6 is 11.6 Å². The molecule has 30 heavy (non-hydrogen) atoms. The summed E-state index contributed by atoms with van der Waals surface area (Å²) in [5.74, 6) is 0.398. The lowest BCUT2D eigenvalue weighted by Crippen LogP contribution is -2.17. The first kappa shape index (κ1) is 19.8. The summed E-state index contributed by atoms with van der Waals surface area (Å²) in [6, 6.07) is 19.0. The Hall–Kier alpha value is -3.51. The van der Waals surface area contributed by atoms with Crippen molar-refractivity contribution in [3.63, 3.8) is 0 Å². The zero-order chi connectivity index (χ0) is 21.3. The molecule has 0 bridgehead atoms. The number of carbonyl (C=O) groups excluding carboxylic acids is 1. The van der Waals surface area contributed by atoms with Crippen molar-refractivity contribution in [3.8, 4) is 11.4 Å². The molecular formula is C23H20ClN3O3. The molecule has 2 aromatic heterocycles. The number of benzene rings is 2. The lowest BCUT2D eigenvalue weighted by atomic mass is 10.2. The molecule has 0 saturated carbocycles. The van der Waals surface area contributed by atoms with Gasteiger partial charge in [-0.15, -0.1) is 0 Å². The third-order valence-electron chi connectivity index (χ3n) is 4.47. The predicted octanol–water partition coefficient (Wildman–Crippen LogP) is 5.01. The molecule has 2 aromatic carbocycles. The van der Waals surface area contributed by atoms with Crippen molar-refractivity contribution in [2.24, 2.45) is 0 Å². The zero-order valence-electron chi connectivity index (χ0n) is 16.5. The van der Waals surface area contributed by atoms with Crippen molar-refractivity contribution in [1.82, 2.24) is 9.55 Å². The number of hydrogen-bond acceptors (Lipinski definition) is 3. The summed E-state index contributed by atoms with van der Waals surface area (Å²) in [5.41, 5.74) is 1.93. The lowest BCUT2D eigenvalue weighted by Gasteiger charge is -2.11. The van der Waals surface area contributed by atoms with E-state index in [0.29, 0.717) is 27.7 Å². The molecule has 2 heterocycles. The van der Waals surface area contributed by atoms with Crippen molar-refractivity contribution >= 4 is 34.2 Å². The molecule has 0 unspecified atom stereocenters.